The van der Waals surface area contributed by atoms with Crippen molar-refractivity contribution in [2.24, 2.45) is 5.73 Å². The molecule has 4 heterocycles. The van der Waals surface area contributed by atoms with Crippen LogP contribution in [0.1, 0.15) is 22.8 Å². The van der Waals surface area contributed by atoms with Crippen molar-refractivity contribution in [3.63, 3.8) is 0 Å². The lowest BCUT2D eigenvalue weighted by molar-refractivity contribution is 0.1000. The van der Waals surface area contributed by atoms with Gasteiger partial charge in [-0.25, -0.2) is 9.67 Å². The molecule has 1 saturated heterocycles. The predicted molar refractivity (Wildman–Crippen MR) is 85.8 cm³/mol. The molecule has 1 atom stereocenters. The van der Waals surface area contributed by atoms with Crippen LogP contribution in [0, 0.1) is 0 Å². The van der Waals surface area contributed by atoms with Crippen LogP contribution in [-0.4, -0.2) is 48.5 Å². The first-order valence-electron chi connectivity index (χ1n) is 7.61. The third-order valence-electron chi connectivity index (χ3n) is 4.10. The Kier molecular flexibility index (Phi) is 3.45. The van der Waals surface area contributed by atoms with E-state index in [1.54, 1.807) is 34.2 Å². The van der Waals surface area contributed by atoms with Crippen molar-refractivity contribution in [2.45, 2.75) is 12.5 Å². The van der Waals surface area contributed by atoms with Gasteiger partial charge < -0.3 is 10.6 Å². The first kappa shape index (κ1) is 14.4. The van der Waals surface area contributed by atoms with E-state index in [9.17, 15) is 4.79 Å². The summed E-state index contributed by atoms with van der Waals surface area (Å²) >= 11 is 0. The summed E-state index contributed by atoms with van der Waals surface area (Å²) in [6, 6.07) is 2.02. The molecule has 3 aromatic rings. The number of carbonyl (C=O) groups is 1. The summed E-state index contributed by atoms with van der Waals surface area (Å²) in [5, 5.41) is 8.42. The van der Waals surface area contributed by atoms with Crippen LogP contribution in [0.5, 0.6) is 0 Å². The first-order valence-corrected chi connectivity index (χ1v) is 7.61. The van der Waals surface area contributed by atoms with Crippen molar-refractivity contribution in [1.82, 2.24) is 29.5 Å². The summed E-state index contributed by atoms with van der Waals surface area (Å²) in [5.41, 5.74) is 5.70. The van der Waals surface area contributed by atoms with Crippen molar-refractivity contribution in [3.8, 4) is 5.82 Å². The summed E-state index contributed by atoms with van der Waals surface area (Å²) in [5.74, 6) is 1.01. The maximum atomic E-state index is 11.2. The highest BCUT2D eigenvalue weighted by Crippen LogP contribution is 2.25. The van der Waals surface area contributed by atoms with Gasteiger partial charge in [-0.15, -0.1) is 0 Å². The van der Waals surface area contributed by atoms with Crippen LogP contribution in [0.3, 0.4) is 0 Å². The lowest BCUT2D eigenvalue weighted by Crippen LogP contribution is -2.22. The highest BCUT2D eigenvalue weighted by Gasteiger charge is 2.26. The van der Waals surface area contributed by atoms with E-state index in [2.05, 4.69) is 25.1 Å². The molecular formula is C15H16N8O. The van der Waals surface area contributed by atoms with Gasteiger partial charge in [-0.05, 0) is 12.5 Å². The lowest BCUT2D eigenvalue weighted by Gasteiger charge is -2.17. The number of nitrogens with zero attached hydrogens (tertiary/aromatic N) is 7. The molecule has 0 aromatic carbocycles. The van der Waals surface area contributed by atoms with Crippen LogP contribution >= 0.6 is 0 Å². The highest BCUT2D eigenvalue weighted by molar-refractivity contribution is 5.92. The molecule has 1 aliphatic heterocycles. The van der Waals surface area contributed by atoms with Crippen LogP contribution in [0.4, 0.5) is 5.82 Å². The molecule has 24 heavy (non-hydrogen) atoms. The zero-order valence-corrected chi connectivity index (χ0v) is 12.9. The Balaban J connectivity index is 1.52. The van der Waals surface area contributed by atoms with Crippen molar-refractivity contribution < 1.29 is 4.79 Å². The van der Waals surface area contributed by atoms with Crippen molar-refractivity contribution in [3.05, 3.63) is 48.8 Å². The van der Waals surface area contributed by atoms with Gasteiger partial charge in [0.25, 0.3) is 5.91 Å². The third kappa shape index (κ3) is 2.60. The third-order valence-corrected chi connectivity index (χ3v) is 4.10. The molecule has 0 bridgehead atoms. The molecule has 0 radical (unpaired) electrons. The van der Waals surface area contributed by atoms with Gasteiger partial charge in [0.1, 0.15) is 5.82 Å². The topological polar surface area (TPSA) is 108 Å². The van der Waals surface area contributed by atoms with E-state index in [1.807, 2.05) is 12.3 Å². The molecule has 1 aliphatic rings. The minimum atomic E-state index is -0.464. The second kappa shape index (κ2) is 5.76. The average molecular weight is 324 g/mol. The molecular weight excluding hydrogens is 308 g/mol. The van der Waals surface area contributed by atoms with Crippen molar-refractivity contribution in [1.29, 1.82) is 0 Å². The van der Waals surface area contributed by atoms with Gasteiger partial charge >= 0.3 is 0 Å². The molecule has 9 nitrogen and oxygen atoms in total. The molecule has 0 spiro atoms. The Morgan fingerprint density at radius 3 is 2.83 bits per heavy atom. The second-order valence-electron chi connectivity index (χ2n) is 5.65. The van der Waals surface area contributed by atoms with E-state index in [0.717, 1.165) is 25.3 Å². The molecule has 3 aromatic heterocycles. The largest absolute Gasteiger partial charge is 0.366 e. The minimum Gasteiger partial charge on any atom is -0.366 e. The predicted octanol–water partition coefficient (Wildman–Crippen LogP) is 0.409. The minimum absolute atomic E-state index is 0.174. The van der Waals surface area contributed by atoms with Gasteiger partial charge in [0.15, 0.2) is 5.82 Å². The standard InChI is InChI=1S/C15H16N8O/c16-15(24)11-6-19-23(9-11)12-2-5-21(10-12)13-7-17-8-14(20-13)22-4-1-3-18-22/h1,3-4,6-9,12H,2,5,10H2,(H2,16,24). The van der Waals surface area contributed by atoms with Crippen LogP contribution in [0.15, 0.2) is 43.2 Å². The van der Waals surface area contributed by atoms with Gasteiger partial charge in [0.05, 0.1) is 30.2 Å². The molecule has 0 aliphatic carbocycles. The smallest absolute Gasteiger partial charge is 0.251 e. The van der Waals surface area contributed by atoms with Crippen molar-refractivity contribution >= 4 is 11.7 Å². The van der Waals surface area contributed by atoms with Gasteiger partial charge in [-0.3, -0.25) is 14.5 Å². The normalized spacial score (nSPS) is 17.3. The Hall–Kier alpha value is -3.23. The lowest BCUT2D eigenvalue weighted by atomic mass is 10.3. The maximum absolute atomic E-state index is 11.2. The Labute approximate surface area is 137 Å². The quantitative estimate of drug-likeness (QED) is 0.744. The van der Waals surface area contributed by atoms with E-state index in [4.69, 9.17) is 5.73 Å². The van der Waals surface area contributed by atoms with Crippen LogP contribution < -0.4 is 10.6 Å². The zero-order valence-electron chi connectivity index (χ0n) is 12.9. The summed E-state index contributed by atoms with van der Waals surface area (Å²) in [4.78, 5) is 22.2. The Morgan fingerprint density at radius 2 is 2.08 bits per heavy atom. The van der Waals surface area contributed by atoms with E-state index in [0.29, 0.717) is 11.4 Å². The average Bonchev–Trinajstić information content (AvgIpc) is 3.34. The van der Waals surface area contributed by atoms with Crippen LogP contribution in [0.2, 0.25) is 0 Å². The van der Waals surface area contributed by atoms with Crippen LogP contribution in [-0.2, 0) is 0 Å². The van der Waals surface area contributed by atoms with Gasteiger partial charge in [-0.1, -0.05) is 0 Å². The van der Waals surface area contributed by atoms with Crippen LogP contribution in [0.25, 0.3) is 5.82 Å². The summed E-state index contributed by atoms with van der Waals surface area (Å²) in [6.07, 6.45) is 11.1. The van der Waals surface area contributed by atoms with E-state index >= 15 is 0 Å². The van der Waals surface area contributed by atoms with Gasteiger partial charge in [0.2, 0.25) is 0 Å². The molecule has 1 amide bonds. The van der Waals surface area contributed by atoms with E-state index < -0.39 is 5.91 Å². The fourth-order valence-corrected chi connectivity index (χ4v) is 2.84. The molecule has 9 heteroatoms. The number of hydrogen-bond donors (Lipinski definition) is 1. The number of carbonyl (C=O) groups excluding carboxylic acids is 1. The number of aromatic nitrogens is 6. The first-order chi connectivity index (χ1) is 11.7. The van der Waals surface area contributed by atoms with Gasteiger partial charge in [0, 0.05) is 31.7 Å². The monoisotopic (exact) mass is 324 g/mol. The highest BCUT2D eigenvalue weighted by atomic mass is 16.1. The molecule has 4 rings (SSSR count). The second-order valence-corrected chi connectivity index (χ2v) is 5.65. The molecule has 1 unspecified atom stereocenters. The number of anilines is 1. The molecule has 0 saturated carbocycles. The molecule has 2 N–H and O–H groups in total. The SMILES string of the molecule is NC(=O)c1cnn(C2CCN(c3cncc(-n4cccn4)n3)C2)c1. The number of rotatable bonds is 4. The number of nitrogens with two attached hydrogens (primary N) is 1. The van der Waals surface area contributed by atoms with Gasteiger partial charge in [-0.2, -0.15) is 10.2 Å². The number of amides is 1. The summed E-state index contributed by atoms with van der Waals surface area (Å²) < 4.78 is 3.47. The Bertz CT molecular complexity index is 856. The molecule has 1 fully saturated rings. The fraction of sp³-hybridized carbons (Fsp3) is 0.267. The summed E-state index contributed by atoms with van der Waals surface area (Å²) in [6.45, 7) is 1.59. The van der Waals surface area contributed by atoms with E-state index in [1.165, 1.54) is 6.20 Å². The maximum Gasteiger partial charge on any atom is 0.251 e. The van der Waals surface area contributed by atoms with E-state index in [-0.39, 0.29) is 6.04 Å². The number of hydrogen-bond acceptors (Lipinski definition) is 6. The molecule has 122 valence electrons. The summed E-state index contributed by atoms with van der Waals surface area (Å²) in [7, 11) is 0. The van der Waals surface area contributed by atoms with Crippen molar-refractivity contribution in [2.75, 3.05) is 18.0 Å². The fourth-order valence-electron chi connectivity index (χ4n) is 2.84. The number of primary amides is 1. The zero-order chi connectivity index (χ0) is 16.5. The Morgan fingerprint density at radius 1 is 1.21 bits per heavy atom.